The van der Waals surface area contributed by atoms with Gasteiger partial charge in [-0.25, -0.2) is 0 Å². The van der Waals surface area contributed by atoms with E-state index in [0.717, 1.165) is 19.3 Å². The molecule has 4 heteroatoms. The van der Waals surface area contributed by atoms with Crippen molar-refractivity contribution in [2.75, 3.05) is 13.1 Å². The van der Waals surface area contributed by atoms with Crippen LogP contribution in [0.4, 0.5) is 0 Å². The quantitative estimate of drug-likeness (QED) is 0.654. The summed E-state index contributed by atoms with van der Waals surface area (Å²) in [7, 11) is 0. The molecule has 0 unspecified atom stereocenters. The van der Waals surface area contributed by atoms with E-state index in [1.807, 2.05) is 0 Å². The summed E-state index contributed by atoms with van der Waals surface area (Å²) in [5.41, 5.74) is 11.0. The van der Waals surface area contributed by atoms with Crippen molar-refractivity contribution in [2.24, 2.45) is 16.9 Å². The molecule has 0 aliphatic heterocycles. The minimum atomic E-state index is -0.698. The maximum absolute atomic E-state index is 6.10. The van der Waals surface area contributed by atoms with Crippen molar-refractivity contribution in [1.82, 2.24) is 0 Å². The zero-order valence-electron chi connectivity index (χ0n) is 6.45. The maximum Gasteiger partial charge on any atom is 0.126 e. The van der Waals surface area contributed by atoms with Crippen LogP contribution in [0.2, 0.25) is 0 Å². The van der Waals surface area contributed by atoms with Crippen LogP contribution in [-0.4, -0.2) is 17.4 Å². The van der Waals surface area contributed by atoms with Crippen LogP contribution in [0.25, 0.3) is 0 Å². The van der Waals surface area contributed by atoms with Gasteiger partial charge >= 0.3 is 0 Å². The molecule has 66 valence electrons. The molecule has 0 aromatic rings. The summed E-state index contributed by atoms with van der Waals surface area (Å²) < 4.78 is -0.698. The molecule has 1 rings (SSSR count). The monoisotopic (exact) mass is 196 g/mol. The zero-order valence-corrected chi connectivity index (χ0v) is 7.96. The Balaban J connectivity index is 2.81. The first-order valence-corrected chi connectivity index (χ1v) is 4.61. The first-order chi connectivity index (χ1) is 5.08. The molecule has 1 aliphatic carbocycles. The molecule has 0 atom stereocenters. The summed E-state index contributed by atoms with van der Waals surface area (Å²) in [4.78, 5) is 0. The van der Waals surface area contributed by atoms with E-state index in [2.05, 4.69) is 0 Å². The van der Waals surface area contributed by atoms with Crippen LogP contribution < -0.4 is 11.5 Å². The lowest BCUT2D eigenvalue weighted by atomic mass is 9.86. The molecular formula is C7H14Cl2N2. The molecule has 1 aliphatic rings. The number of halogens is 2. The zero-order chi connectivity index (χ0) is 8.54. The van der Waals surface area contributed by atoms with Crippen molar-refractivity contribution in [3.63, 3.8) is 0 Å². The second-order valence-electron chi connectivity index (χ2n) is 3.25. The molecule has 0 aromatic carbocycles. The molecule has 11 heavy (non-hydrogen) atoms. The molecule has 0 aromatic heterocycles. The highest BCUT2D eigenvalue weighted by Gasteiger charge is 2.51. The van der Waals surface area contributed by atoms with E-state index in [1.165, 1.54) is 0 Å². The van der Waals surface area contributed by atoms with E-state index in [-0.39, 0.29) is 5.41 Å². The number of alkyl halides is 2. The molecule has 0 heterocycles. The van der Waals surface area contributed by atoms with E-state index in [1.54, 1.807) is 0 Å². The number of hydrogen-bond donors (Lipinski definition) is 2. The predicted molar refractivity (Wildman–Crippen MR) is 48.8 cm³/mol. The summed E-state index contributed by atoms with van der Waals surface area (Å²) in [6, 6.07) is 0. The SMILES string of the molecule is NCC1(CN)CCCC1(Cl)Cl. The Labute approximate surface area is 77.2 Å². The second-order valence-corrected chi connectivity index (χ2v) is 4.73. The van der Waals surface area contributed by atoms with Gasteiger partial charge in [0.15, 0.2) is 0 Å². The van der Waals surface area contributed by atoms with Crippen molar-refractivity contribution in [1.29, 1.82) is 0 Å². The van der Waals surface area contributed by atoms with Crippen LogP contribution in [0.3, 0.4) is 0 Å². The van der Waals surface area contributed by atoms with E-state index in [9.17, 15) is 0 Å². The van der Waals surface area contributed by atoms with Gasteiger partial charge in [-0.15, -0.1) is 23.2 Å². The van der Waals surface area contributed by atoms with Crippen molar-refractivity contribution in [3.8, 4) is 0 Å². The summed E-state index contributed by atoms with van der Waals surface area (Å²) in [5, 5.41) is 0. The van der Waals surface area contributed by atoms with Gasteiger partial charge in [-0.2, -0.15) is 0 Å². The third-order valence-electron chi connectivity index (χ3n) is 2.70. The lowest BCUT2D eigenvalue weighted by Crippen LogP contribution is -2.46. The number of hydrogen-bond acceptors (Lipinski definition) is 2. The van der Waals surface area contributed by atoms with Crippen LogP contribution >= 0.6 is 23.2 Å². The largest absolute Gasteiger partial charge is 0.330 e. The third-order valence-corrected chi connectivity index (χ3v) is 3.88. The van der Waals surface area contributed by atoms with Gasteiger partial charge in [-0.3, -0.25) is 0 Å². The first kappa shape index (κ1) is 9.59. The number of rotatable bonds is 2. The van der Waals surface area contributed by atoms with Gasteiger partial charge in [0.25, 0.3) is 0 Å². The Morgan fingerprint density at radius 2 is 1.64 bits per heavy atom. The average Bonchev–Trinajstić information content (AvgIpc) is 2.26. The minimum absolute atomic E-state index is 0.240. The third kappa shape index (κ3) is 1.37. The molecule has 1 fully saturated rings. The van der Waals surface area contributed by atoms with Gasteiger partial charge in [0, 0.05) is 18.5 Å². The molecule has 0 radical (unpaired) electrons. The Bertz CT molecular complexity index is 143. The van der Waals surface area contributed by atoms with Gasteiger partial charge in [-0.1, -0.05) is 0 Å². The summed E-state index contributed by atoms with van der Waals surface area (Å²) in [6.07, 6.45) is 2.79. The van der Waals surface area contributed by atoms with Gasteiger partial charge in [0.1, 0.15) is 4.33 Å². The Morgan fingerprint density at radius 3 is 1.82 bits per heavy atom. The van der Waals surface area contributed by atoms with Crippen molar-refractivity contribution in [3.05, 3.63) is 0 Å². The summed E-state index contributed by atoms with van der Waals surface area (Å²) >= 11 is 12.2. The highest BCUT2D eigenvalue weighted by Crippen LogP contribution is 2.52. The second kappa shape index (κ2) is 3.09. The molecule has 0 saturated heterocycles. The van der Waals surface area contributed by atoms with Gasteiger partial charge in [0.05, 0.1) is 0 Å². The van der Waals surface area contributed by atoms with Gasteiger partial charge in [0.2, 0.25) is 0 Å². The van der Waals surface area contributed by atoms with E-state index >= 15 is 0 Å². The maximum atomic E-state index is 6.10. The van der Waals surface area contributed by atoms with E-state index < -0.39 is 4.33 Å². The van der Waals surface area contributed by atoms with Crippen molar-refractivity contribution in [2.45, 2.75) is 23.6 Å². The van der Waals surface area contributed by atoms with Crippen LogP contribution in [0.15, 0.2) is 0 Å². The molecule has 0 spiro atoms. The van der Waals surface area contributed by atoms with Gasteiger partial charge in [-0.05, 0) is 19.3 Å². The standard InChI is InChI=1S/C7H14Cl2N2/c8-7(9)3-1-2-6(7,4-10)5-11/h1-5,10-11H2. The number of nitrogens with two attached hydrogens (primary N) is 2. The highest BCUT2D eigenvalue weighted by molar-refractivity contribution is 6.49. The first-order valence-electron chi connectivity index (χ1n) is 3.86. The molecule has 0 bridgehead atoms. The lowest BCUT2D eigenvalue weighted by molar-refractivity contribution is 0.304. The Kier molecular flexibility index (Phi) is 2.70. The fraction of sp³-hybridized carbons (Fsp3) is 1.00. The highest BCUT2D eigenvalue weighted by atomic mass is 35.5. The minimum Gasteiger partial charge on any atom is -0.330 e. The van der Waals surface area contributed by atoms with E-state index in [4.69, 9.17) is 34.7 Å². The van der Waals surface area contributed by atoms with E-state index in [0.29, 0.717) is 13.1 Å². The fourth-order valence-electron chi connectivity index (χ4n) is 1.68. The summed E-state index contributed by atoms with van der Waals surface area (Å²) in [6.45, 7) is 0.965. The fourth-order valence-corrected chi connectivity index (χ4v) is 2.45. The topological polar surface area (TPSA) is 52.0 Å². The lowest BCUT2D eigenvalue weighted by Gasteiger charge is -2.35. The molecule has 1 saturated carbocycles. The Hall–Kier alpha value is 0.500. The predicted octanol–water partition coefficient (Wildman–Crippen LogP) is 1.25. The normalized spacial score (nSPS) is 27.3. The van der Waals surface area contributed by atoms with Crippen LogP contribution in [-0.2, 0) is 0 Å². The van der Waals surface area contributed by atoms with Crippen molar-refractivity contribution < 1.29 is 0 Å². The smallest absolute Gasteiger partial charge is 0.126 e. The van der Waals surface area contributed by atoms with Crippen LogP contribution in [0.5, 0.6) is 0 Å². The van der Waals surface area contributed by atoms with Gasteiger partial charge < -0.3 is 11.5 Å². The molecule has 2 nitrogen and oxygen atoms in total. The molecule has 0 amide bonds. The molecule has 4 N–H and O–H groups in total. The van der Waals surface area contributed by atoms with Crippen LogP contribution in [0, 0.1) is 5.41 Å². The van der Waals surface area contributed by atoms with Crippen LogP contribution in [0.1, 0.15) is 19.3 Å². The average molecular weight is 197 g/mol. The molecular weight excluding hydrogens is 183 g/mol. The van der Waals surface area contributed by atoms with Crippen molar-refractivity contribution >= 4 is 23.2 Å². The Morgan fingerprint density at radius 1 is 1.09 bits per heavy atom. The summed E-state index contributed by atoms with van der Waals surface area (Å²) in [5.74, 6) is 0.